The van der Waals surface area contributed by atoms with Crippen molar-refractivity contribution in [1.29, 1.82) is 0 Å². The van der Waals surface area contributed by atoms with E-state index in [9.17, 15) is 0 Å². The number of nitrogens with one attached hydrogen (secondary N) is 2. The van der Waals surface area contributed by atoms with Gasteiger partial charge in [0.15, 0.2) is 0 Å². The molecule has 2 N–H and O–H groups in total. The molecule has 30 heavy (non-hydrogen) atoms. The number of rotatable bonds is 5. The Morgan fingerprint density at radius 1 is 0.467 bits per heavy atom. The minimum atomic E-state index is 0.555. The topological polar surface area (TPSA) is 49.8 Å². The highest BCUT2D eigenvalue weighted by Crippen LogP contribution is 2.27. The predicted octanol–water partition coefficient (Wildman–Crippen LogP) is 6.78. The van der Waals surface area contributed by atoms with Crippen molar-refractivity contribution in [3.63, 3.8) is 0 Å². The number of fused-ring (bicyclic) bond motifs is 1. The summed E-state index contributed by atoms with van der Waals surface area (Å²) in [5.74, 6) is 1.33. The molecule has 5 rings (SSSR count). The van der Waals surface area contributed by atoms with Crippen molar-refractivity contribution in [3.8, 4) is 11.1 Å². The van der Waals surface area contributed by atoms with E-state index in [4.69, 9.17) is 9.97 Å². The first-order valence-corrected chi connectivity index (χ1v) is 9.86. The highest BCUT2D eigenvalue weighted by Gasteiger charge is 2.08. The molecule has 0 fully saturated rings. The first kappa shape index (κ1) is 17.9. The molecule has 0 aliphatic heterocycles. The van der Waals surface area contributed by atoms with Crippen LogP contribution in [0.25, 0.3) is 22.0 Å². The van der Waals surface area contributed by atoms with E-state index in [-0.39, 0.29) is 0 Å². The van der Waals surface area contributed by atoms with Gasteiger partial charge in [0.25, 0.3) is 0 Å². The summed E-state index contributed by atoms with van der Waals surface area (Å²) in [6.07, 6.45) is 0. The van der Waals surface area contributed by atoms with Crippen LogP contribution >= 0.6 is 0 Å². The Hall–Kier alpha value is -4.18. The van der Waals surface area contributed by atoms with Gasteiger partial charge in [-0.25, -0.2) is 4.98 Å². The van der Waals surface area contributed by atoms with Crippen molar-refractivity contribution in [3.05, 3.63) is 109 Å². The predicted molar refractivity (Wildman–Crippen MR) is 124 cm³/mol. The molecule has 144 valence electrons. The molecule has 0 amide bonds. The number of para-hydroxylation sites is 2. The van der Waals surface area contributed by atoms with Gasteiger partial charge in [-0.2, -0.15) is 4.98 Å². The Morgan fingerprint density at radius 3 is 1.83 bits per heavy atom. The van der Waals surface area contributed by atoms with Gasteiger partial charge in [-0.3, -0.25) is 0 Å². The molecule has 0 aliphatic rings. The summed E-state index contributed by atoms with van der Waals surface area (Å²) in [6, 6.07) is 36.7. The fourth-order valence-corrected chi connectivity index (χ4v) is 3.39. The van der Waals surface area contributed by atoms with E-state index in [2.05, 4.69) is 34.9 Å². The third-order valence-corrected chi connectivity index (χ3v) is 4.89. The number of hydrogen-bond donors (Lipinski definition) is 2. The van der Waals surface area contributed by atoms with Crippen LogP contribution in [0.1, 0.15) is 0 Å². The third-order valence-electron chi connectivity index (χ3n) is 4.89. The SMILES string of the molecule is c1ccc(Nc2nc(Nc3ccc(-c4ccccc4)cc3)nc3ccccc23)cc1. The lowest BCUT2D eigenvalue weighted by Gasteiger charge is -2.12. The second-order valence-corrected chi connectivity index (χ2v) is 6.97. The summed E-state index contributed by atoms with van der Waals surface area (Å²) in [7, 11) is 0. The minimum absolute atomic E-state index is 0.555. The lowest BCUT2D eigenvalue weighted by Crippen LogP contribution is -2.02. The smallest absolute Gasteiger partial charge is 0.229 e. The van der Waals surface area contributed by atoms with Crippen LogP contribution in [-0.2, 0) is 0 Å². The van der Waals surface area contributed by atoms with E-state index >= 15 is 0 Å². The molecule has 0 saturated heterocycles. The molecule has 4 nitrogen and oxygen atoms in total. The highest BCUT2D eigenvalue weighted by molar-refractivity contribution is 5.92. The molecule has 0 saturated carbocycles. The van der Waals surface area contributed by atoms with Crippen LogP contribution in [0, 0.1) is 0 Å². The van der Waals surface area contributed by atoms with Gasteiger partial charge in [-0.1, -0.05) is 72.8 Å². The molecule has 4 aromatic carbocycles. The first-order valence-electron chi connectivity index (χ1n) is 9.86. The molecule has 4 heteroatoms. The Balaban J connectivity index is 1.46. The highest BCUT2D eigenvalue weighted by atomic mass is 15.1. The van der Waals surface area contributed by atoms with Gasteiger partial charge >= 0.3 is 0 Å². The fraction of sp³-hybridized carbons (Fsp3) is 0. The van der Waals surface area contributed by atoms with E-state index in [0.29, 0.717) is 5.95 Å². The van der Waals surface area contributed by atoms with E-state index < -0.39 is 0 Å². The van der Waals surface area contributed by atoms with Crippen LogP contribution in [-0.4, -0.2) is 9.97 Å². The Labute approximate surface area is 175 Å². The second-order valence-electron chi connectivity index (χ2n) is 6.97. The molecule has 0 bridgehead atoms. The first-order chi connectivity index (χ1) is 14.8. The number of nitrogens with zero attached hydrogens (tertiary/aromatic N) is 2. The standard InChI is InChI=1S/C26H20N4/c1-3-9-19(10-4-1)20-15-17-22(18-16-20)28-26-29-24-14-8-7-13-23(24)25(30-26)27-21-11-5-2-6-12-21/h1-18H,(H2,27,28,29,30). The molecule has 0 spiro atoms. The summed E-state index contributed by atoms with van der Waals surface area (Å²) in [5.41, 5.74) is 5.18. The summed E-state index contributed by atoms with van der Waals surface area (Å²) in [6.45, 7) is 0. The van der Waals surface area contributed by atoms with Crippen LogP contribution in [0.5, 0.6) is 0 Å². The normalized spacial score (nSPS) is 10.7. The minimum Gasteiger partial charge on any atom is -0.340 e. The molecule has 5 aromatic rings. The quantitative estimate of drug-likeness (QED) is 0.348. The number of hydrogen-bond acceptors (Lipinski definition) is 4. The largest absolute Gasteiger partial charge is 0.340 e. The molecule has 0 unspecified atom stereocenters. The number of anilines is 4. The zero-order chi connectivity index (χ0) is 20.2. The lowest BCUT2D eigenvalue weighted by atomic mass is 10.1. The molecule has 0 atom stereocenters. The van der Waals surface area contributed by atoms with Crippen LogP contribution in [0.2, 0.25) is 0 Å². The molecule has 0 aliphatic carbocycles. The lowest BCUT2D eigenvalue weighted by molar-refractivity contribution is 1.21. The summed E-state index contributed by atoms with van der Waals surface area (Å²) in [5, 5.41) is 7.73. The van der Waals surface area contributed by atoms with E-state index in [1.807, 2.05) is 84.9 Å². The molecular weight excluding hydrogens is 368 g/mol. The average molecular weight is 388 g/mol. The van der Waals surface area contributed by atoms with Crippen molar-refractivity contribution in [2.75, 3.05) is 10.6 Å². The fourth-order valence-electron chi connectivity index (χ4n) is 3.39. The van der Waals surface area contributed by atoms with Gasteiger partial charge in [0.05, 0.1) is 5.52 Å². The maximum atomic E-state index is 4.74. The van der Waals surface area contributed by atoms with Crippen molar-refractivity contribution < 1.29 is 0 Å². The van der Waals surface area contributed by atoms with Crippen LogP contribution < -0.4 is 10.6 Å². The molecule has 0 radical (unpaired) electrons. The number of aromatic nitrogens is 2. The van der Waals surface area contributed by atoms with Gasteiger partial charge in [-0.05, 0) is 47.5 Å². The van der Waals surface area contributed by atoms with Gasteiger partial charge in [0.2, 0.25) is 5.95 Å². The Morgan fingerprint density at radius 2 is 1.07 bits per heavy atom. The van der Waals surface area contributed by atoms with Crippen molar-refractivity contribution in [2.24, 2.45) is 0 Å². The van der Waals surface area contributed by atoms with Gasteiger partial charge in [0.1, 0.15) is 5.82 Å². The van der Waals surface area contributed by atoms with Gasteiger partial charge in [-0.15, -0.1) is 0 Å². The Bertz CT molecular complexity index is 1270. The zero-order valence-electron chi connectivity index (χ0n) is 16.3. The van der Waals surface area contributed by atoms with E-state index in [1.165, 1.54) is 11.1 Å². The van der Waals surface area contributed by atoms with Crippen molar-refractivity contribution in [1.82, 2.24) is 9.97 Å². The summed E-state index contributed by atoms with van der Waals surface area (Å²) in [4.78, 5) is 9.43. The van der Waals surface area contributed by atoms with Crippen LogP contribution in [0.4, 0.5) is 23.1 Å². The second kappa shape index (κ2) is 8.05. The maximum absolute atomic E-state index is 4.74. The van der Waals surface area contributed by atoms with Gasteiger partial charge in [0, 0.05) is 16.8 Å². The molecular formula is C26H20N4. The third kappa shape index (κ3) is 3.84. The van der Waals surface area contributed by atoms with Crippen molar-refractivity contribution >= 4 is 34.0 Å². The summed E-state index contributed by atoms with van der Waals surface area (Å²) >= 11 is 0. The Kier molecular flexibility index (Phi) is 4.80. The number of benzene rings is 4. The van der Waals surface area contributed by atoms with E-state index in [1.54, 1.807) is 0 Å². The zero-order valence-corrected chi connectivity index (χ0v) is 16.3. The van der Waals surface area contributed by atoms with Crippen LogP contribution in [0.15, 0.2) is 109 Å². The van der Waals surface area contributed by atoms with Crippen molar-refractivity contribution in [2.45, 2.75) is 0 Å². The average Bonchev–Trinajstić information content (AvgIpc) is 2.81. The maximum Gasteiger partial charge on any atom is 0.229 e. The molecule has 1 aromatic heterocycles. The molecule has 1 heterocycles. The van der Waals surface area contributed by atoms with Gasteiger partial charge < -0.3 is 10.6 Å². The monoisotopic (exact) mass is 388 g/mol. The van der Waals surface area contributed by atoms with Crippen LogP contribution in [0.3, 0.4) is 0 Å². The summed E-state index contributed by atoms with van der Waals surface area (Å²) < 4.78 is 0. The van der Waals surface area contributed by atoms with E-state index in [0.717, 1.165) is 28.1 Å².